The summed E-state index contributed by atoms with van der Waals surface area (Å²) in [5, 5.41) is 16.5. The van der Waals surface area contributed by atoms with E-state index in [1.807, 2.05) is 4.90 Å². The first-order valence-corrected chi connectivity index (χ1v) is 8.15. The number of aromatic nitrogens is 2. The zero-order valence-electron chi connectivity index (χ0n) is 13.0. The van der Waals surface area contributed by atoms with Crippen molar-refractivity contribution in [3.05, 3.63) is 11.7 Å². The maximum absolute atomic E-state index is 12.4. The molecule has 1 aromatic heterocycles. The van der Waals surface area contributed by atoms with Gasteiger partial charge in [0.1, 0.15) is 0 Å². The Morgan fingerprint density at radius 1 is 1.32 bits per heavy atom. The van der Waals surface area contributed by atoms with E-state index in [-0.39, 0.29) is 24.1 Å². The van der Waals surface area contributed by atoms with Crippen LogP contribution in [0.4, 0.5) is 4.79 Å². The van der Waals surface area contributed by atoms with Crippen LogP contribution in [0.3, 0.4) is 0 Å². The smallest absolute Gasteiger partial charge is 0.317 e. The van der Waals surface area contributed by atoms with Gasteiger partial charge < -0.3 is 19.8 Å². The highest BCUT2D eigenvalue weighted by atomic mass is 16.5. The van der Waals surface area contributed by atoms with E-state index in [1.54, 1.807) is 6.92 Å². The summed E-state index contributed by atoms with van der Waals surface area (Å²) in [4.78, 5) is 18.5. The van der Waals surface area contributed by atoms with Gasteiger partial charge in [0.25, 0.3) is 0 Å². The number of piperidine rings is 1. The fourth-order valence-corrected chi connectivity index (χ4v) is 3.33. The average molecular weight is 308 g/mol. The Labute approximate surface area is 130 Å². The second-order valence-electron chi connectivity index (χ2n) is 6.42. The highest BCUT2D eigenvalue weighted by Crippen LogP contribution is 2.26. The van der Waals surface area contributed by atoms with Crippen LogP contribution in [0, 0.1) is 6.92 Å². The summed E-state index contributed by atoms with van der Waals surface area (Å²) in [6.07, 6.45) is 4.97. The van der Waals surface area contributed by atoms with E-state index in [0.717, 1.165) is 45.1 Å². The van der Waals surface area contributed by atoms with E-state index in [0.29, 0.717) is 18.3 Å². The van der Waals surface area contributed by atoms with Crippen molar-refractivity contribution in [3.63, 3.8) is 0 Å². The molecule has 1 saturated heterocycles. The molecule has 22 heavy (non-hydrogen) atoms. The van der Waals surface area contributed by atoms with Crippen LogP contribution in [0.15, 0.2) is 4.52 Å². The van der Waals surface area contributed by atoms with Crippen LogP contribution in [0.2, 0.25) is 0 Å². The second-order valence-corrected chi connectivity index (χ2v) is 6.42. The largest absolute Gasteiger partial charge is 0.393 e. The molecular formula is C15H24N4O3. The van der Waals surface area contributed by atoms with Crippen molar-refractivity contribution in [1.82, 2.24) is 20.4 Å². The number of hydrogen-bond donors (Lipinski definition) is 2. The van der Waals surface area contributed by atoms with Crippen molar-refractivity contribution in [2.75, 3.05) is 13.1 Å². The quantitative estimate of drug-likeness (QED) is 0.865. The van der Waals surface area contributed by atoms with E-state index in [2.05, 4.69) is 15.5 Å². The molecule has 122 valence electrons. The molecule has 0 aromatic carbocycles. The third kappa shape index (κ3) is 3.58. The lowest BCUT2D eigenvalue weighted by Gasteiger charge is -2.33. The van der Waals surface area contributed by atoms with Crippen molar-refractivity contribution in [2.24, 2.45) is 0 Å². The van der Waals surface area contributed by atoms with Gasteiger partial charge in [-0.3, -0.25) is 0 Å². The lowest BCUT2D eigenvalue weighted by Crippen LogP contribution is -2.49. The van der Waals surface area contributed by atoms with Crippen molar-refractivity contribution in [3.8, 4) is 0 Å². The summed E-state index contributed by atoms with van der Waals surface area (Å²) in [7, 11) is 0. The molecule has 1 saturated carbocycles. The summed E-state index contributed by atoms with van der Waals surface area (Å²) >= 11 is 0. The molecule has 2 N–H and O–H groups in total. The Kier molecular flexibility index (Phi) is 4.61. The SMILES string of the molecule is Cc1noc(C2CCCN(C(=O)NC3CCC(O)CC3)C2)n1. The zero-order valence-corrected chi connectivity index (χ0v) is 13.0. The predicted octanol–water partition coefficient (Wildman–Crippen LogP) is 1.57. The van der Waals surface area contributed by atoms with Crippen molar-refractivity contribution < 1.29 is 14.4 Å². The fraction of sp³-hybridized carbons (Fsp3) is 0.800. The highest BCUT2D eigenvalue weighted by Gasteiger charge is 2.30. The third-order valence-electron chi connectivity index (χ3n) is 4.63. The molecule has 1 aromatic rings. The number of carbonyl (C=O) groups excluding carboxylic acids is 1. The van der Waals surface area contributed by atoms with Crippen molar-refractivity contribution in [2.45, 2.75) is 63.5 Å². The molecule has 7 nitrogen and oxygen atoms in total. The summed E-state index contributed by atoms with van der Waals surface area (Å²) < 4.78 is 5.25. The first-order valence-electron chi connectivity index (χ1n) is 8.15. The minimum absolute atomic E-state index is 0.0117. The summed E-state index contributed by atoms with van der Waals surface area (Å²) in [5.41, 5.74) is 0. The fourth-order valence-electron chi connectivity index (χ4n) is 3.33. The van der Waals surface area contributed by atoms with Crippen LogP contribution in [0.25, 0.3) is 0 Å². The lowest BCUT2D eigenvalue weighted by atomic mass is 9.93. The van der Waals surface area contributed by atoms with E-state index < -0.39 is 0 Å². The molecule has 2 fully saturated rings. The topological polar surface area (TPSA) is 91.5 Å². The summed E-state index contributed by atoms with van der Waals surface area (Å²) in [6.45, 7) is 3.20. The normalized spacial score (nSPS) is 29.4. The Balaban J connectivity index is 1.54. The molecule has 0 radical (unpaired) electrons. The van der Waals surface area contributed by atoms with Crippen LogP contribution in [0.5, 0.6) is 0 Å². The number of urea groups is 1. The van der Waals surface area contributed by atoms with E-state index in [1.165, 1.54) is 0 Å². The van der Waals surface area contributed by atoms with E-state index in [9.17, 15) is 9.90 Å². The highest BCUT2D eigenvalue weighted by molar-refractivity contribution is 5.74. The van der Waals surface area contributed by atoms with Gasteiger partial charge in [0, 0.05) is 19.1 Å². The minimum Gasteiger partial charge on any atom is -0.393 e. The minimum atomic E-state index is -0.201. The number of aryl methyl sites for hydroxylation is 1. The predicted molar refractivity (Wildman–Crippen MR) is 79.4 cm³/mol. The zero-order chi connectivity index (χ0) is 15.5. The number of aliphatic hydroxyl groups is 1. The van der Waals surface area contributed by atoms with Gasteiger partial charge in [0.15, 0.2) is 5.82 Å². The molecule has 2 heterocycles. The molecule has 0 spiro atoms. The average Bonchev–Trinajstić information content (AvgIpc) is 2.96. The van der Waals surface area contributed by atoms with Crippen LogP contribution in [-0.4, -0.2) is 51.4 Å². The molecular weight excluding hydrogens is 284 g/mol. The Bertz CT molecular complexity index is 511. The Morgan fingerprint density at radius 3 is 2.77 bits per heavy atom. The number of aliphatic hydroxyl groups excluding tert-OH is 1. The molecule has 7 heteroatoms. The molecule has 2 aliphatic rings. The Morgan fingerprint density at radius 2 is 2.09 bits per heavy atom. The Hall–Kier alpha value is -1.63. The number of rotatable bonds is 2. The molecule has 1 atom stereocenters. The number of amides is 2. The molecule has 3 rings (SSSR count). The van der Waals surface area contributed by atoms with Gasteiger partial charge in [-0.05, 0) is 45.4 Å². The van der Waals surface area contributed by atoms with E-state index >= 15 is 0 Å². The monoisotopic (exact) mass is 308 g/mol. The van der Waals surface area contributed by atoms with Crippen LogP contribution < -0.4 is 5.32 Å². The second kappa shape index (κ2) is 6.64. The first kappa shape index (κ1) is 15.3. The van der Waals surface area contributed by atoms with Gasteiger partial charge in [-0.1, -0.05) is 5.16 Å². The van der Waals surface area contributed by atoms with Crippen molar-refractivity contribution >= 4 is 6.03 Å². The number of nitrogens with one attached hydrogen (secondary N) is 1. The number of nitrogens with zero attached hydrogens (tertiary/aromatic N) is 3. The molecule has 1 unspecified atom stereocenters. The maximum atomic E-state index is 12.4. The van der Waals surface area contributed by atoms with Crippen molar-refractivity contribution in [1.29, 1.82) is 0 Å². The summed E-state index contributed by atoms with van der Waals surface area (Å²) in [5.74, 6) is 1.40. The number of hydrogen-bond acceptors (Lipinski definition) is 5. The van der Waals surface area contributed by atoms with Crippen LogP contribution >= 0.6 is 0 Å². The third-order valence-corrected chi connectivity index (χ3v) is 4.63. The van der Waals surface area contributed by atoms with Gasteiger partial charge >= 0.3 is 6.03 Å². The van der Waals surface area contributed by atoms with E-state index in [4.69, 9.17) is 4.52 Å². The molecule has 2 amide bonds. The molecule has 0 bridgehead atoms. The molecule has 1 aliphatic heterocycles. The standard InChI is InChI=1S/C15H24N4O3/c1-10-16-14(22-18-10)11-3-2-8-19(9-11)15(21)17-12-4-6-13(20)7-5-12/h11-13,20H,2-9H2,1H3,(H,17,21). The van der Waals surface area contributed by atoms with Crippen LogP contribution in [0.1, 0.15) is 56.2 Å². The lowest BCUT2D eigenvalue weighted by molar-refractivity contribution is 0.113. The van der Waals surface area contributed by atoms with Gasteiger partial charge in [0.05, 0.1) is 12.0 Å². The number of carbonyl (C=O) groups is 1. The van der Waals surface area contributed by atoms with Gasteiger partial charge in [0.2, 0.25) is 5.89 Å². The van der Waals surface area contributed by atoms with Gasteiger partial charge in [-0.15, -0.1) is 0 Å². The van der Waals surface area contributed by atoms with Crippen LogP contribution in [-0.2, 0) is 0 Å². The number of likely N-dealkylation sites (tertiary alicyclic amines) is 1. The maximum Gasteiger partial charge on any atom is 0.317 e. The van der Waals surface area contributed by atoms with Gasteiger partial charge in [-0.25, -0.2) is 4.79 Å². The summed E-state index contributed by atoms with van der Waals surface area (Å²) in [6, 6.07) is 0.171. The van der Waals surface area contributed by atoms with Gasteiger partial charge in [-0.2, -0.15) is 4.98 Å². The molecule has 1 aliphatic carbocycles. The first-order chi connectivity index (χ1) is 10.6.